The molecule has 0 aliphatic rings. The highest BCUT2D eigenvalue weighted by Crippen LogP contribution is 2.24. The predicted molar refractivity (Wildman–Crippen MR) is 49.3 cm³/mol. The third-order valence-electron chi connectivity index (χ3n) is 2.15. The molecule has 0 fully saturated rings. The number of aromatic nitrogens is 1. The number of hydrogen-bond donors (Lipinski definition) is 1. The van der Waals surface area contributed by atoms with Gasteiger partial charge in [-0.3, -0.25) is 9.78 Å². The van der Waals surface area contributed by atoms with E-state index in [1.54, 1.807) is 0 Å². The lowest BCUT2D eigenvalue weighted by Crippen LogP contribution is -2.27. The fourth-order valence-corrected chi connectivity index (χ4v) is 1.12. The van der Waals surface area contributed by atoms with E-state index in [9.17, 15) is 13.6 Å². The molecule has 0 bridgehead atoms. The second-order valence-corrected chi connectivity index (χ2v) is 3.95. The molecular weight excluding hydrogens is 204 g/mol. The molecule has 0 unspecified atom stereocenters. The summed E-state index contributed by atoms with van der Waals surface area (Å²) in [7, 11) is 0. The monoisotopic (exact) mass is 215 g/mol. The fraction of sp³-hybridized carbons (Fsp3) is 0.400. The Bertz CT molecular complexity index is 371. The third-order valence-corrected chi connectivity index (χ3v) is 2.15. The van der Waals surface area contributed by atoms with Crippen LogP contribution in [0.15, 0.2) is 12.4 Å². The zero-order chi connectivity index (χ0) is 11.6. The number of hydrogen-bond acceptors (Lipinski definition) is 2. The van der Waals surface area contributed by atoms with Gasteiger partial charge in [-0.2, -0.15) is 0 Å². The molecule has 1 N–H and O–H groups in total. The van der Waals surface area contributed by atoms with Crippen molar-refractivity contribution < 1.29 is 18.7 Å². The SMILES string of the molecule is CC(C)(Cc1c(F)cncc1F)C(=O)O. The van der Waals surface area contributed by atoms with Gasteiger partial charge in [0.1, 0.15) is 11.6 Å². The van der Waals surface area contributed by atoms with E-state index >= 15 is 0 Å². The van der Waals surface area contributed by atoms with E-state index in [2.05, 4.69) is 4.98 Å². The Morgan fingerprint density at radius 2 is 1.87 bits per heavy atom. The minimum atomic E-state index is -1.21. The van der Waals surface area contributed by atoms with Crippen LogP contribution in [-0.4, -0.2) is 16.1 Å². The topological polar surface area (TPSA) is 50.2 Å². The highest BCUT2D eigenvalue weighted by Gasteiger charge is 2.30. The second-order valence-electron chi connectivity index (χ2n) is 3.95. The van der Waals surface area contributed by atoms with Crippen LogP contribution in [0.25, 0.3) is 0 Å². The molecule has 0 spiro atoms. The Morgan fingerprint density at radius 1 is 1.40 bits per heavy atom. The first-order valence-corrected chi connectivity index (χ1v) is 4.36. The number of pyridine rings is 1. The summed E-state index contributed by atoms with van der Waals surface area (Å²) in [5.74, 6) is -2.73. The summed E-state index contributed by atoms with van der Waals surface area (Å²) in [6.45, 7) is 2.82. The van der Waals surface area contributed by atoms with E-state index in [-0.39, 0.29) is 12.0 Å². The van der Waals surface area contributed by atoms with E-state index in [0.717, 1.165) is 12.4 Å². The van der Waals surface area contributed by atoms with Gasteiger partial charge < -0.3 is 5.11 Å². The summed E-state index contributed by atoms with van der Waals surface area (Å²) in [6, 6.07) is 0. The van der Waals surface area contributed by atoms with Crippen molar-refractivity contribution in [1.29, 1.82) is 0 Å². The molecule has 0 amide bonds. The standard InChI is InChI=1S/C10H11F2NO2/c1-10(2,9(14)15)3-6-7(11)4-13-5-8(6)12/h4-5H,3H2,1-2H3,(H,14,15). The molecule has 0 aliphatic heterocycles. The lowest BCUT2D eigenvalue weighted by atomic mass is 9.86. The summed E-state index contributed by atoms with van der Waals surface area (Å²) < 4.78 is 26.3. The minimum Gasteiger partial charge on any atom is -0.481 e. The number of halogens is 2. The van der Waals surface area contributed by atoms with Gasteiger partial charge in [0.15, 0.2) is 0 Å². The third kappa shape index (κ3) is 2.49. The fourth-order valence-electron chi connectivity index (χ4n) is 1.12. The van der Waals surface area contributed by atoms with Gasteiger partial charge in [0.05, 0.1) is 17.8 Å². The van der Waals surface area contributed by atoms with Crippen LogP contribution in [0, 0.1) is 17.0 Å². The van der Waals surface area contributed by atoms with Crippen LogP contribution in [0.1, 0.15) is 19.4 Å². The van der Waals surface area contributed by atoms with Crippen LogP contribution in [0.4, 0.5) is 8.78 Å². The largest absolute Gasteiger partial charge is 0.481 e. The maximum Gasteiger partial charge on any atom is 0.309 e. The van der Waals surface area contributed by atoms with Crippen LogP contribution in [0.5, 0.6) is 0 Å². The number of nitrogens with zero attached hydrogens (tertiary/aromatic N) is 1. The van der Waals surface area contributed by atoms with Crippen molar-refractivity contribution in [2.24, 2.45) is 5.41 Å². The van der Waals surface area contributed by atoms with Crippen LogP contribution in [-0.2, 0) is 11.2 Å². The van der Waals surface area contributed by atoms with Crippen molar-refractivity contribution in [2.75, 3.05) is 0 Å². The number of carboxylic acid groups (broad SMARTS) is 1. The Hall–Kier alpha value is -1.52. The van der Waals surface area contributed by atoms with Crippen molar-refractivity contribution in [3.8, 4) is 0 Å². The predicted octanol–water partition coefficient (Wildman–Crippen LogP) is 2.01. The Morgan fingerprint density at radius 3 is 2.27 bits per heavy atom. The molecule has 1 aromatic rings. The van der Waals surface area contributed by atoms with Gasteiger partial charge in [0, 0.05) is 5.56 Å². The maximum atomic E-state index is 13.1. The first kappa shape index (κ1) is 11.6. The lowest BCUT2D eigenvalue weighted by Gasteiger charge is -2.19. The summed E-state index contributed by atoms with van der Waals surface area (Å²) in [4.78, 5) is 14.1. The molecule has 0 saturated heterocycles. The zero-order valence-electron chi connectivity index (χ0n) is 8.42. The average Bonchev–Trinajstić information content (AvgIpc) is 2.11. The van der Waals surface area contributed by atoms with E-state index in [4.69, 9.17) is 5.11 Å². The Kier molecular flexibility index (Phi) is 3.02. The summed E-state index contributed by atoms with van der Waals surface area (Å²) in [5, 5.41) is 8.82. The van der Waals surface area contributed by atoms with Crippen LogP contribution in [0.2, 0.25) is 0 Å². The average molecular weight is 215 g/mol. The van der Waals surface area contributed by atoms with Crippen molar-refractivity contribution in [3.63, 3.8) is 0 Å². The molecule has 0 aromatic carbocycles. The van der Waals surface area contributed by atoms with E-state index in [0.29, 0.717) is 0 Å². The highest BCUT2D eigenvalue weighted by molar-refractivity contribution is 5.74. The molecular formula is C10H11F2NO2. The highest BCUT2D eigenvalue weighted by atomic mass is 19.1. The quantitative estimate of drug-likeness (QED) is 0.839. The van der Waals surface area contributed by atoms with Crippen molar-refractivity contribution in [1.82, 2.24) is 4.98 Å². The minimum absolute atomic E-state index is 0.206. The van der Waals surface area contributed by atoms with Crippen LogP contribution >= 0.6 is 0 Å². The molecule has 15 heavy (non-hydrogen) atoms. The van der Waals surface area contributed by atoms with Gasteiger partial charge in [-0.15, -0.1) is 0 Å². The summed E-state index contributed by atoms with van der Waals surface area (Å²) in [5.41, 5.74) is -1.44. The van der Waals surface area contributed by atoms with Gasteiger partial charge in [-0.05, 0) is 20.3 Å². The molecule has 0 radical (unpaired) electrons. The van der Waals surface area contributed by atoms with Gasteiger partial charge in [0.25, 0.3) is 0 Å². The first-order chi connectivity index (χ1) is 6.84. The smallest absolute Gasteiger partial charge is 0.309 e. The van der Waals surface area contributed by atoms with Gasteiger partial charge >= 0.3 is 5.97 Å². The number of rotatable bonds is 3. The van der Waals surface area contributed by atoms with Gasteiger partial charge in [0.2, 0.25) is 0 Å². The summed E-state index contributed by atoms with van der Waals surface area (Å²) >= 11 is 0. The normalized spacial score (nSPS) is 11.5. The van der Waals surface area contributed by atoms with Crippen molar-refractivity contribution >= 4 is 5.97 Å². The molecule has 1 rings (SSSR count). The van der Waals surface area contributed by atoms with E-state index in [1.165, 1.54) is 13.8 Å². The van der Waals surface area contributed by atoms with Crippen molar-refractivity contribution in [3.05, 3.63) is 29.6 Å². The summed E-state index contributed by atoms with van der Waals surface area (Å²) in [6.07, 6.45) is 1.54. The van der Waals surface area contributed by atoms with Crippen LogP contribution in [0.3, 0.4) is 0 Å². The Labute approximate surface area is 85.8 Å². The van der Waals surface area contributed by atoms with Crippen molar-refractivity contribution in [2.45, 2.75) is 20.3 Å². The maximum absolute atomic E-state index is 13.1. The molecule has 0 aliphatic carbocycles. The molecule has 0 atom stereocenters. The van der Waals surface area contributed by atoms with Gasteiger partial charge in [-0.25, -0.2) is 8.78 Å². The molecule has 82 valence electrons. The van der Waals surface area contributed by atoms with Crippen LogP contribution < -0.4 is 0 Å². The first-order valence-electron chi connectivity index (χ1n) is 4.36. The number of aliphatic carboxylic acids is 1. The molecule has 5 heteroatoms. The number of carbonyl (C=O) groups is 1. The molecule has 0 saturated carbocycles. The van der Waals surface area contributed by atoms with Gasteiger partial charge in [-0.1, -0.05) is 0 Å². The Balaban J connectivity index is 3.04. The molecule has 1 aromatic heterocycles. The lowest BCUT2D eigenvalue weighted by molar-refractivity contribution is -0.146. The second kappa shape index (κ2) is 3.92. The number of carboxylic acids is 1. The van der Waals surface area contributed by atoms with E-state index in [1.807, 2.05) is 0 Å². The zero-order valence-corrected chi connectivity index (χ0v) is 8.42. The van der Waals surface area contributed by atoms with E-state index < -0.39 is 23.0 Å². The molecule has 3 nitrogen and oxygen atoms in total. The molecule has 1 heterocycles.